The van der Waals surface area contributed by atoms with Crippen molar-refractivity contribution in [1.82, 2.24) is 0 Å². The number of hydrogen-bond acceptors (Lipinski definition) is 1. The van der Waals surface area contributed by atoms with Gasteiger partial charge in [-0.1, -0.05) is 19.8 Å². The van der Waals surface area contributed by atoms with Gasteiger partial charge in [0.05, 0.1) is 0 Å². The van der Waals surface area contributed by atoms with Crippen LogP contribution in [-0.4, -0.2) is 21.4 Å². The van der Waals surface area contributed by atoms with Crippen molar-refractivity contribution in [2.75, 3.05) is 6.16 Å². The van der Waals surface area contributed by atoms with Gasteiger partial charge in [-0.05, 0) is 6.42 Å². The predicted octanol–water partition coefficient (Wildman–Crippen LogP) is 0.530. The molecule has 0 aliphatic rings. The lowest BCUT2D eigenvalue weighted by Gasteiger charge is -2.00. The molecule has 64 valence electrons. The molecule has 0 aromatic heterocycles. The third kappa shape index (κ3) is 11.0. The van der Waals surface area contributed by atoms with E-state index in [2.05, 4.69) is 0 Å². The lowest BCUT2D eigenvalue weighted by Crippen LogP contribution is -1.86. The molecule has 0 unspecified atom stereocenters. The highest BCUT2D eigenvalue weighted by molar-refractivity contribution is 7.51. The summed E-state index contributed by atoms with van der Waals surface area (Å²) in [7, 11) is -3.70. The van der Waals surface area contributed by atoms with Crippen LogP contribution in [0.25, 0.3) is 0 Å². The molecule has 0 heterocycles. The Labute approximate surface area is 60.7 Å². The van der Waals surface area contributed by atoms with E-state index in [0.717, 1.165) is 12.8 Å². The van der Waals surface area contributed by atoms with Gasteiger partial charge in [-0.2, -0.15) is 0 Å². The molecule has 0 saturated heterocycles. The molecule has 0 amide bonds. The summed E-state index contributed by atoms with van der Waals surface area (Å²) in [5, 5.41) is 0. The van der Waals surface area contributed by atoms with Crippen LogP contribution in [0.3, 0.4) is 0 Å². The Morgan fingerprint density at radius 2 is 1.80 bits per heavy atom. The van der Waals surface area contributed by atoms with Crippen LogP contribution in [0.2, 0.25) is 0 Å². The fourth-order valence-electron chi connectivity index (χ4n) is 0.568. The van der Waals surface area contributed by atoms with Crippen LogP contribution in [0.5, 0.6) is 0 Å². The predicted molar refractivity (Wildman–Crippen MR) is 40.0 cm³/mol. The van der Waals surface area contributed by atoms with Gasteiger partial charge in [0.15, 0.2) is 0 Å². The molecule has 4 nitrogen and oxygen atoms in total. The highest BCUT2D eigenvalue weighted by Gasteiger charge is 2.10. The van der Waals surface area contributed by atoms with Crippen molar-refractivity contribution in [3.05, 3.63) is 0 Å². The van der Waals surface area contributed by atoms with Crippen molar-refractivity contribution in [3.8, 4) is 0 Å². The molecule has 4 N–H and O–H groups in total. The lowest BCUT2D eigenvalue weighted by molar-refractivity contribution is 0.371. The normalized spacial score (nSPS) is 10.7. The fraction of sp³-hybridized carbons (Fsp3) is 1.00. The molecule has 0 radical (unpaired) electrons. The molecular formula is C5H15O4P. The molecule has 10 heavy (non-hydrogen) atoms. The zero-order valence-electron chi connectivity index (χ0n) is 6.08. The Kier molecular flexibility index (Phi) is 7.48. The molecule has 0 fully saturated rings. The van der Waals surface area contributed by atoms with E-state index in [1.807, 2.05) is 6.92 Å². The van der Waals surface area contributed by atoms with E-state index in [-0.39, 0.29) is 11.6 Å². The van der Waals surface area contributed by atoms with E-state index < -0.39 is 7.60 Å². The average Bonchev–Trinajstić information content (AvgIpc) is 1.63. The Balaban J connectivity index is 0. The van der Waals surface area contributed by atoms with Gasteiger partial charge < -0.3 is 15.3 Å². The van der Waals surface area contributed by atoms with E-state index in [9.17, 15) is 4.57 Å². The summed E-state index contributed by atoms with van der Waals surface area (Å²) in [4.78, 5) is 16.7. The third-order valence-corrected chi connectivity index (χ3v) is 1.95. The number of unbranched alkanes of at least 4 members (excludes halogenated alkanes) is 2. The summed E-state index contributed by atoms with van der Waals surface area (Å²) >= 11 is 0. The van der Waals surface area contributed by atoms with E-state index in [4.69, 9.17) is 9.79 Å². The number of rotatable bonds is 4. The maximum absolute atomic E-state index is 10.2. The van der Waals surface area contributed by atoms with Crippen LogP contribution < -0.4 is 0 Å². The summed E-state index contributed by atoms with van der Waals surface area (Å²) in [5.74, 6) is 0. The quantitative estimate of drug-likeness (QED) is 0.476. The number of hydrogen-bond donors (Lipinski definition) is 2. The monoisotopic (exact) mass is 170 g/mol. The highest BCUT2D eigenvalue weighted by atomic mass is 31.2. The van der Waals surface area contributed by atoms with Crippen molar-refractivity contribution in [2.24, 2.45) is 0 Å². The summed E-state index contributed by atoms with van der Waals surface area (Å²) in [6.45, 7) is 2.00. The zero-order valence-corrected chi connectivity index (χ0v) is 6.97. The summed E-state index contributed by atoms with van der Waals surface area (Å²) in [5.41, 5.74) is 0. The van der Waals surface area contributed by atoms with Crippen molar-refractivity contribution in [1.29, 1.82) is 0 Å². The zero-order chi connectivity index (χ0) is 7.33. The van der Waals surface area contributed by atoms with Gasteiger partial charge in [-0.15, -0.1) is 0 Å². The molecule has 0 aromatic rings. The Bertz CT molecular complexity index is 108. The summed E-state index contributed by atoms with van der Waals surface area (Å²) < 4.78 is 10.2. The Morgan fingerprint density at radius 3 is 2.10 bits per heavy atom. The van der Waals surface area contributed by atoms with Gasteiger partial charge in [-0.25, -0.2) is 0 Å². The average molecular weight is 170 g/mol. The van der Waals surface area contributed by atoms with Crippen LogP contribution in [0.15, 0.2) is 0 Å². The lowest BCUT2D eigenvalue weighted by atomic mass is 10.3. The van der Waals surface area contributed by atoms with Crippen LogP contribution in [-0.2, 0) is 4.57 Å². The van der Waals surface area contributed by atoms with E-state index >= 15 is 0 Å². The molecule has 0 saturated carbocycles. The molecule has 0 aromatic carbocycles. The smallest absolute Gasteiger partial charge is 0.325 e. The first-order valence-electron chi connectivity index (χ1n) is 3.11. The van der Waals surface area contributed by atoms with Crippen LogP contribution in [0, 0.1) is 0 Å². The molecule has 5 heteroatoms. The molecule has 0 aliphatic carbocycles. The van der Waals surface area contributed by atoms with Crippen molar-refractivity contribution in [2.45, 2.75) is 26.2 Å². The molecule has 0 bridgehead atoms. The fourth-order valence-corrected chi connectivity index (χ4v) is 1.20. The van der Waals surface area contributed by atoms with Gasteiger partial charge in [-0.3, -0.25) is 4.57 Å². The first-order valence-corrected chi connectivity index (χ1v) is 4.90. The SMILES string of the molecule is CCCCCP(=O)(O)O.O. The maximum atomic E-state index is 10.2. The van der Waals surface area contributed by atoms with Gasteiger partial charge in [0.25, 0.3) is 0 Å². The van der Waals surface area contributed by atoms with E-state index in [1.165, 1.54) is 0 Å². The molecular weight excluding hydrogens is 155 g/mol. The first kappa shape index (κ1) is 12.8. The summed E-state index contributed by atoms with van der Waals surface area (Å²) in [6.07, 6.45) is 2.59. The summed E-state index contributed by atoms with van der Waals surface area (Å²) in [6, 6.07) is 0. The first-order chi connectivity index (χ1) is 4.06. The van der Waals surface area contributed by atoms with Crippen molar-refractivity contribution in [3.63, 3.8) is 0 Å². The van der Waals surface area contributed by atoms with Crippen molar-refractivity contribution < 1.29 is 19.8 Å². The van der Waals surface area contributed by atoms with E-state index in [0.29, 0.717) is 6.42 Å². The molecule has 0 rings (SSSR count). The minimum atomic E-state index is -3.70. The second-order valence-corrected chi connectivity index (χ2v) is 3.87. The minimum absolute atomic E-state index is 0. The topological polar surface area (TPSA) is 89.0 Å². The Morgan fingerprint density at radius 1 is 1.30 bits per heavy atom. The van der Waals surface area contributed by atoms with Crippen molar-refractivity contribution >= 4 is 7.60 Å². The maximum Gasteiger partial charge on any atom is 0.325 e. The minimum Gasteiger partial charge on any atom is -0.412 e. The van der Waals surface area contributed by atoms with Crippen LogP contribution >= 0.6 is 7.60 Å². The third-order valence-electron chi connectivity index (χ3n) is 1.05. The molecule has 0 atom stereocenters. The molecule has 0 aliphatic heterocycles. The van der Waals surface area contributed by atoms with E-state index in [1.54, 1.807) is 0 Å². The second kappa shape index (κ2) is 5.86. The van der Waals surface area contributed by atoms with Gasteiger partial charge in [0.2, 0.25) is 0 Å². The molecule has 0 spiro atoms. The van der Waals surface area contributed by atoms with Gasteiger partial charge in [0, 0.05) is 6.16 Å². The standard InChI is InChI=1S/C5H13O3P.H2O/c1-2-3-4-5-9(6,7)8;/h2-5H2,1H3,(H2,6,7,8);1H2. The van der Waals surface area contributed by atoms with Crippen LogP contribution in [0.1, 0.15) is 26.2 Å². The largest absolute Gasteiger partial charge is 0.412 e. The van der Waals surface area contributed by atoms with Gasteiger partial charge >= 0.3 is 7.60 Å². The van der Waals surface area contributed by atoms with Crippen LogP contribution in [0.4, 0.5) is 0 Å². The Hall–Kier alpha value is 0.110. The highest BCUT2D eigenvalue weighted by Crippen LogP contribution is 2.35. The van der Waals surface area contributed by atoms with Gasteiger partial charge in [0.1, 0.15) is 0 Å². The second-order valence-electron chi connectivity index (χ2n) is 2.10.